The van der Waals surface area contributed by atoms with E-state index in [9.17, 15) is 0 Å². The summed E-state index contributed by atoms with van der Waals surface area (Å²) >= 11 is 7.38. The Hall–Kier alpha value is -1.52. The first kappa shape index (κ1) is 12.0. The molecule has 1 heterocycles. The van der Waals surface area contributed by atoms with Crippen molar-refractivity contribution in [3.8, 4) is 0 Å². The maximum Gasteiger partial charge on any atom is 0.123 e. The highest BCUT2D eigenvalue weighted by molar-refractivity contribution is 7.99. The van der Waals surface area contributed by atoms with Gasteiger partial charge >= 0.3 is 0 Å². The zero-order valence-corrected chi connectivity index (χ0v) is 10.4. The number of hydrogen-bond donors (Lipinski definition) is 2. The molecule has 0 aliphatic heterocycles. The molecule has 1 aromatic heterocycles. The highest BCUT2D eigenvalue weighted by atomic mass is 35.5. The number of aromatic nitrogens is 1. The summed E-state index contributed by atoms with van der Waals surface area (Å²) in [6.45, 7) is 0. The molecule has 3 N–H and O–H groups in total. The van der Waals surface area contributed by atoms with Crippen LogP contribution in [0, 0.1) is 5.41 Å². The molecule has 0 aliphatic carbocycles. The third-order valence-corrected chi connectivity index (χ3v) is 3.33. The lowest BCUT2D eigenvalue weighted by atomic mass is 10.2. The van der Waals surface area contributed by atoms with E-state index in [0.29, 0.717) is 10.6 Å². The Labute approximate surface area is 109 Å². The average molecular weight is 264 g/mol. The van der Waals surface area contributed by atoms with Gasteiger partial charge in [0.25, 0.3) is 0 Å². The molecule has 2 rings (SSSR count). The van der Waals surface area contributed by atoms with E-state index in [1.165, 1.54) is 11.8 Å². The number of halogens is 1. The molecule has 0 aliphatic rings. The largest absolute Gasteiger partial charge is 0.384 e. The minimum atomic E-state index is 0.0279. The van der Waals surface area contributed by atoms with Crippen molar-refractivity contribution >= 4 is 29.2 Å². The summed E-state index contributed by atoms with van der Waals surface area (Å²) in [6.07, 6.45) is 1.72. The maximum atomic E-state index is 7.51. The maximum absolute atomic E-state index is 7.51. The molecule has 0 fully saturated rings. The average Bonchev–Trinajstić information content (AvgIpc) is 2.30. The SMILES string of the molecule is N=C(N)c1ccc(Cl)cc1Sc1ccccn1. The second kappa shape index (κ2) is 5.21. The molecule has 0 unspecified atom stereocenters. The lowest BCUT2D eigenvalue weighted by Crippen LogP contribution is -2.12. The summed E-state index contributed by atoms with van der Waals surface area (Å²) in [4.78, 5) is 5.05. The van der Waals surface area contributed by atoms with Crippen LogP contribution >= 0.6 is 23.4 Å². The zero-order chi connectivity index (χ0) is 12.3. The number of nitrogens with two attached hydrogens (primary N) is 1. The Morgan fingerprint density at radius 1 is 1.29 bits per heavy atom. The summed E-state index contributed by atoms with van der Waals surface area (Å²) in [5.41, 5.74) is 6.20. The van der Waals surface area contributed by atoms with E-state index < -0.39 is 0 Å². The van der Waals surface area contributed by atoms with E-state index in [-0.39, 0.29) is 5.84 Å². The quantitative estimate of drug-likeness (QED) is 0.660. The van der Waals surface area contributed by atoms with Crippen LogP contribution in [0.2, 0.25) is 5.02 Å². The van der Waals surface area contributed by atoms with Gasteiger partial charge in [-0.05, 0) is 30.3 Å². The molecular weight excluding hydrogens is 254 g/mol. The molecule has 0 spiro atoms. The van der Waals surface area contributed by atoms with Crippen LogP contribution in [0.15, 0.2) is 52.5 Å². The molecule has 0 atom stereocenters. The molecule has 0 saturated carbocycles. The molecule has 0 bridgehead atoms. The van der Waals surface area contributed by atoms with Gasteiger partial charge in [-0.1, -0.05) is 29.4 Å². The molecule has 2 aromatic rings. The van der Waals surface area contributed by atoms with Crippen molar-refractivity contribution in [1.82, 2.24) is 4.98 Å². The summed E-state index contributed by atoms with van der Waals surface area (Å²) in [5, 5.41) is 8.98. The minimum absolute atomic E-state index is 0.0279. The second-order valence-electron chi connectivity index (χ2n) is 3.32. The molecule has 0 amide bonds. The molecule has 0 radical (unpaired) electrons. The van der Waals surface area contributed by atoms with Crippen LogP contribution in [0.25, 0.3) is 0 Å². The van der Waals surface area contributed by atoms with Crippen LogP contribution in [0.3, 0.4) is 0 Å². The van der Waals surface area contributed by atoms with Crippen LogP contribution in [0.5, 0.6) is 0 Å². The monoisotopic (exact) mass is 263 g/mol. The first-order valence-electron chi connectivity index (χ1n) is 4.89. The Kier molecular flexibility index (Phi) is 3.66. The van der Waals surface area contributed by atoms with Crippen molar-refractivity contribution in [2.24, 2.45) is 5.73 Å². The first-order valence-corrected chi connectivity index (χ1v) is 6.09. The topological polar surface area (TPSA) is 62.8 Å². The van der Waals surface area contributed by atoms with Gasteiger partial charge in [-0.3, -0.25) is 5.41 Å². The Morgan fingerprint density at radius 3 is 2.76 bits per heavy atom. The number of pyridine rings is 1. The van der Waals surface area contributed by atoms with Crippen LogP contribution < -0.4 is 5.73 Å². The van der Waals surface area contributed by atoms with Gasteiger partial charge in [-0.2, -0.15) is 0 Å². The molecule has 0 saturated heterocycles. The summed E-state index contributed by atoms with van der Waals surface area (Å²) in [6, 6.07) is 10.9. The van der Waals surface area contributed by atoms with Gasteiger partial charge < -0.3 is 5.73 Å². The number of nitrogens with one attached hydrogen (secondary N) is 1. The normalized spacial score (nSPS) is 10.2. The second-order valence-corrected chi connectivity index (χ2v) is 4.82. The van der Waals surface area contributed by atoms with E-state index in [0.717, 1.165) is 9.92 Å². The third-order valence-electron chi connectivity index (χ3n) is 2.09. The van der Waals surface area contributed by atoms with Gasteiger partial charge in [0, 0.05) is 21.7 Å². The number of rotatable bonds is 3. The van der Waals surface area contributed by atoms with Crippen molar-refractivity contribution in [2.75, 3.05) is 0 Å². The zero-order valence-electron chi connectivity index (χ0n) is 8.85. The van der Waals surface area contributed by atoms with Gasteiger partial charge in [0.15, 0.2) is 0 Å². The van der Waals surface area contributed by atoms with Gasteiger partial charge in [-0.25, -0.2) is 4.98 Å². The molecule has 1 aromatic carbocycles. The van der Waals surface area contributed by atoms with Crippen molar-refractivity contribution < 1.29 is 0 Å². The molecular formula is C12H10ClN3S. The van der Waals surface area contributed by atoms with Crippen molar-refractivity contribution in [2.45, 2.75) is 9.92 Å². The fourth-order valence-corrected chi connectivity index (χ4v) is 2.52. The lowest BCUT2D eigenvalue weighted by molar-refractivity contribution is 1.13. The summed E-state index contributed by atoms with van der Waals surface area (Å²) < 4.78 is 0. The number of benzene rings is 1. The number of amidine groups is 1. The first-order chi connectivity index (χ1) is 8.16. The highest BCUT2D eigenvalue weighted by Gasteiger charge is 2.08. The van der Waals surface area contributed by atoms with E-state index in [1.807, 2.05) is 18.2 Å². The van der Waals surface area contributed by atoms with Gasteiger partial charge in [0.05, 0.1) is 0 Å². The number of nitrogen functional groups attached to an aromatic ring is 1. The van der Waals surface area contributed by atoms with Crippen molar-refractivity contribution in [1.29, 1.82) is 5.41 Å². The smallest absolute Gasteiger partial charge is 0.123 e. The van der Waals surface area contributed by atoms with Crippen molar-refractivity contribution in [3.05, 3.63) is 53.2 Å². The van der Waals surface area contributed by atoms with Gasteiger partial charge in [-0.15, -0.1) is 0 Å². The highest BCUT2D eigenvalue weighted by Crippen LogP contribution is 2.30. The molecule has 86 valence electrons. The van der Waals surface area contributed by atoms with Gasteiger partial charge in [0.2, 0.25) is 0 Å². The predicted molar refractivity (Wildman–Crippen MR) is 70.8 cm³/mol. The van der Waals surface area contributed by atoms with Crippen molar-refractivity contribution in [3.63, 3.8) is 0 Å². The van der Waals surface area contributed by atoms with E-state index in [2.05, 4.69) is 4.98 Å². The van der Waals surface area contributed by atoms with Crippen LogP contribution in [0.4, 0.5) is 0 Å². The Balaban J connectivity index is 2.37. The molecule has 17 heavy (non-hydrogen) atoms. The lowest BCUT2D eigenvalue weighted by Gasteiger charge is -2.07. The summed E-state index contributed by atoms with van der Waals surface area (Å²) in [7, 11) is 0. The molecule has 3 nitrogen and oxygen atoms in total. The van der Waals surface area contributed by atoms with Crippen LogP contribution in [0.1, 0.15) is 5.56 Å². The summed E-state index contributed by atoms with van der Waals surface area (Å²) in [5.74, 6) is 0.0279. The van der Waals surface area contributed by atoms with E-state index >= 15 is 0 Å². The standard InChI is InChI=1S/C12H10ClN3S/c13-8-4-5-9(12(14)15)10(7-8)17-11-3-1-2-6-16-11/h1-7H,(H3,14,15). The minimum Gasteiger partial charge on any atom is -0.384 e. The number of hydrogen-bond acceptors (Lipinski definition) is 3. The van der Waals surface area contributed by atoms with Gasteiger partial charge in [0.1, 0.15) is 10.9 Å². The molecule has 5 heteroatoms. The predicted octanol–water partition coefficient (Wildman–Crippen LogP) is 3.17. The fraction of sp³-hybridized carbons (Fsp3) is 0. The van der Waals surface area contributed by atoms with E-state index in [4.69, 9.17) is 22.7 Å². The Bertz CT molecular complexity index is 543. The Morgan fingerprint density at radius 2 is 2.12 bits per heavy atom. The fourth-order valence-electron chi connectivity index (χ4n) is 1.32. The number of nitrogens with zero attached hydrogens (tertiary/aromatic N) is 1. The third kappa shape index (κ3) is 2.99. The van der Waals surface area contributed by atoms with Crippen LogP contribution in [-0.2, 0) is 0 Å². The van der Waals surface area contributed by atoms with Crippen LogP contribution in [-0.4, -0.2) is 10.8 Å². The van der Waals surface area contributed by atoms with E-state index in [1.54, 1.807) is 24.4 Å².